The first kappa shape index (κ1) is 24.5. The number of guanidine groups is 1. The van der Waals surface area contributed by atoms with Crippen LogP contribution in [0.5, 0.6) is 0 Å². The largest absolute Gasteiger partial charge is 0.363 e. The number of hydrogen-bond acceptors (Lipinski definition) is 4. The quantitative estimate of drug-likeness (QED) is 0.283. The van der Waals surface area contributed by atoms with Crippen LogP contribution in [0, 0.1) is 0 Å². The number of benzene rings is 1. The zero-order valence-electron chi connectivity index (χ0n) is 17.7. The summed E-state index contributed by atoms with van der Waals surface area (Å²) in [6, 6.07) is 12.5. The van der Waals surface area contributed by atoms with Crippen LogP contribution >= 0.6 is 35.3 Å². The first-order valence-corrected chi connectivity index (χ1v) is 11.2. The predicted octanol–water partition coefficient (Wildman–Crippen LogP) is 3.84. The van der Waals surface area contributed by atoms with E-state index in [0.29, 0.717) is 24.7 Å². The van der Waals surface area contributed by atoms with Crippen LogP contribution in [0.2, 0.25) is 0 Å². The number of nitrogens with one attached hydrogen (secondary N) is 3. The van der Waals surface area contributed by atoms with Crippen molar-refractivity contribution >= 4 is 52.2 Å². The molecule has 0 saturated carbocycles. The van der Waals surface area contributed by atoms with Gasteiger partial charge in [0, 0.05) is 44.8 Å². The molecule has 1 fully saturated rings. The summed E-state index contributed by atoms with van der Waals surface area (Å²) in [7, 11) is 1.80. The average Bonchev–Trinajstić information content (AvgIpc) is 3.30. The van der Waals surface area contributed by atoms with Crippen LogP contribution in [0.1, 0.15) is 42.1 Å². The Balaban J connectivity index is 0.00000320. The fourth-order valence-corrected chi connectivity index (χ4v) is 4.22. The summed E-state index contributed by atoms with van der Waals surface area (Å²) in [5, 5.41) is 13.3. The number of aliphatic imine (C=N–C) groups is 1. The molecule has 0 radical (unpaired) electrons. The minimum absolute atomic E-state index is 0. The standard InChI is InChI=1S/C22H31N5OS.HI/c1-3-11-24-21(28)18-7-4-6-17(15-18)16-25-22(23-2)26-19-9-12-27(13-10-19)20-8-5-14-29-20;/h4-8,14-15,19H,3,9-13,16H2,1-2H3,(H,24,28)(H2,23,25,26);1H. The second-order valence-corrected chi connectivity index (χ2v) is 8.17. The number of thiophene rings is 1. The Morgan fingerprint density at radius 3 is 2.67 bits per heavy atom. The Labute approximate surface area is 200 Å². The van der Waals surface area contributed by atoms with Crippen molar-refractivity contribution < 1.29 is 4.79 Å². The van der Waals surface area contributed by atoms with Crippen LogP contribution in [0.4, 0.5) is 5.00 Å². The van der Waals surface area contributed by atoms with Gasteiger partial charge in [-0.1, -0.05) is 19.1 Å². The molecule has 1 saturated heterocycles. The molecule has 0 unspecified atom stereocenters. The third-order valence-corrected chi connectivity index (χ3v) is 5.99. The van der Waals surface area contributed by atoms with Gasteiger partial charge in [0.2, 0.25) is 0 Å². The second kappa shape index (κ2) is 12.8. The SMILES string of the molecule is CCCNC(=O)c1cccc(CNC(=NC)NC2CCN(c3cccs3)CC2)c1.I. The molecule has 0 bridgehead atoms. The van der Waals surface area contributed by atoms with E-state index in [0.717, 1.165) is 43.9 Å². The second-order valence-electron chi connectivity index (χ2n) is 7.24. The Bertz CT molecular complexity index is 804. The van der Waals surface area contributed by atoms with Crippen LogP contribution in [-0.2, 0) is 6.54 Å². The van der Waals surface area contributed by atoms with Crippen molar-refractivity contribution in [1.29, 1.82) is 0 Å². The number of nitrogens with zero attached hydrogens (tertiary/aromatic N) is 2. The molecule has 2 heterocycles. The predicted molar refractivity (Wildman–Crippen MR) is 137 cm³/mol. The molecule has 8 heteroatoms. The molecular weight excluding hydrogens is 509 g/mol. The Kier molecular flexibility index (Phi) is 10.4. The molecule has 1 aromatic heterocycles. The van der Waals surface area contributed by atoms with Gasteiger partial charge in [-0.25, -0.2) is 0 Å². The molecule has 1 aliphatic heterocycles. The van der Waals surface area contributed by atoms with Crippen molar-refractivity contribution in [1.82, 2.24) is 16.0 Å². The molecule has 0 atom stereocenters. The highest BCUT2D eigenvalue weighted by Crippen LogP contribution is 2.24. The normalized spacial score (nSPS) is 14.7. The Morgan fingerprint density at radius 2 is 2.00 bits per heavy atom. The maximum absolute atomic E-state index is 12.2. The van der Waals surface area contributed by atoms with Crippen molar-refractivity contribution in [3.8, 4) is 0 Å². The van der Waals surface area contributed by atoms with Gasteiger partial charge in [0.25, 0.3) is 5.91 Å². The lowest BCUT2D eigenvalue weighted by Crippen LogP contribution is -2.48. The maximum atomic E-state index is 12.2. The van der Waals surface area contributed by atoms with Gasteiger partial charge in [0.05, 0.1) is 5.00 Å². The number of piperidine rings is 1. The fourth-order valence-electron chi connectivity index (χ4n) is 3.43. The van der Waals surface area contributed by atoms with Gasteiger partial charge in [-0.15, -0.1) is 35.3 Å². The lowest BCUT2D eigenvalue weighted by Gasteiger charge is -2.33. The summed E-state index contributed by atoms with van der Waals surface area (Å²) in [5.74, 6) is 0.786. The maximum Gasteiger partial charge on any atom is 0.251 e. The molecule has 0 spiro atoms. The average molecular weight is 542 g/mol. The number of halogens is 1. The van der Waals surface area contributed by atoms with Crippen LogP contribution in [0.25, 0.3) is 0 Å². The zero-order valence-corrected chi connectivity index (χ0v) is 20.8. The van der Waals surface area contributed by atoms with E-state index in [1.807, 2.05) is 31.2 Å². The lowest BCUT2D eigenvalue weighted by molar-refractivity contribution is 0.0953. The molecule has 3 N–H and O–H groups in total. The molecule has 164 valence electrons. The van der Waals surface area contributed by atoms with E-state index in [1.54, 1.807) is 18.4 Å². The first-order chi connectivity index (χ1) is 14.2. The lowest BCUT2D eigenvalue weighted by atomic mass is 10.1. The van der Waals surface area contributed by atoms with E-state index < -0.39 is 0 Å². The molecule has 0 aliphatic carbocycles. The highest BCUT2D eigenvalue weighted by Gasteiger charge is 2.20. The monoisotopic (exact) mass is 541 g/mol. The highest BCUT2D eigenvalue weighted by atomic mass is 127. The minimum Gasteiger partial charge on any atom is -0.363 e. The number of anilines is 1. The Hall–Kier alpha value is -1.81. The Morgan fingerprint density at radius 1 is 1.20 bits per heavy atom. The summed E-state index contributed by atoms with van der Waals surface area (Å²) >= 11 is 1.80. The summed E-state index contributed by atoms with van der Waals surface area (Å²) in [5.41, 5.74) is 1.76. The van der Waals surface area contributed by atoms with Crippen LogP contribution in [0.3, 0.4) is 0 Å². The number of carbonyl (C=O) groups excluding carboxylic acids is 1. The van der Waals surface area contributed by atoms with E-state index in [4.69, 9.17) is 0 Å². The number of carbonyl (C=O) groups is 1. The smallest absolute Gasteiger partial charge is 0.251 e. The number of hydrogen-bond donors (Lipinski definition) is 3. The third-order valence-electron chi connectivity index (χ3n) is 5.06. The zero-order chi connectivity index (χ0) is 20.5. The van der Waals surface area contributed by atoms with Crippen molar-refractivity contribution in [2.24, 2.45) is 4.99 Å². The molecule has 3 rings (SSSR count). The molecule has 1 aliphatic rings. The number of amides is 1. The highest BCUT2D eigenvalue weighted by molar-refractivity contribution is 14.0. The van der Waals surface area contributed by atoms with Gasteiger partial charge >= 0.3 is 0 Å². The topological polar surface area (TPSA) is 68.8 Å². The van der Waals surface area contributed by atoms with Gasteiger partial charge in [-0.3, -0.25) is 9.79 Å². The van der Waals surface area contributed by atoms with Gasteiger partial charge in [0.1, 0.15) is 0 Å². The molecule has 6 nitrogen and oxygen atoms in total. The summed E-state index contributed by atoms with van der Waals surface area (Å²) in [6.45, 7) is 5.49. The van der Waals surface area contributed by atoms with Crippen molar-refractivity contribution in [2.75, 3.05) is 31.6 Å². The summed E-state index contributed by atoms with van der Waals surface area (Å²) in [6.07, 6.45) is 3.11. The van der Waals surface area contributed by atoms with Gasteiger partial charge in [-0.05, 0) is 54.5 Å². The summed E-state index contributed by atoms with van der Waals surface area (Å²) in [4.78, 5) is 19.0. The van der Waals surface area contributed by atoms with Crippen LogP contribution in [0.15, 0.2) is 46.8 Å². The first-order valence-electron chi connectivity index (χ1n) is 10.3. The number of rotatable bonds is 7. The van der Waals surface area contributed by atoms with Crippen molar-refractivity contribution in [3.05, 3.63) is 52.9 Å². The van der Waals surface area contributed by atoms with Crippen molar-refractivity contribution in [3.63, 3.8) is 0 Å². The van der Waals surface area contributed by atoms with E-state index >= 15 is 0 Å². The van der Waals surface area contributed by atoms with Gasteiger partial charge in [-0.2, -0.15) is 0 Å². The van der Waals surface area contributed by atoms with E-state index in [1.165, 1.54) is 5.00 Å². The van der Waals surface area contributed by atoms with Crippen LogP contribution in [-0.4, -0.2) is 44.6 Å². The van der Waals surface area contributed by atoms with Gasteiger partial charge < -0.3 is 20.9 Å². The molecule has 1 amide bonds. The summed E-state index contributed by atoms with van der Waals surface area (Å²) < 4.78 is 0. The third kappa shape index (κ3) is 7.16. The van der Waals surface area contributed by atoms with E-state index in [-0.39, 0.29) is 29.9 Å². The van der Waals surface area contributed by atoms with Crippen LogP contribution < -0.4 is 20.9 Å². The molecule has 30 heavy (non-hydrogen) atoms. The fraction of sp³-hybridized carbons (Fsp3) is 0.455. The molecular formula is C22H32IN5OS. The van der Waals surface area contributed by atoms with E-state index in [9.17, 15) is 4.79 Å². The molecule has 1 aromatic carbocycles. The van der Waals surface area contributed by atoms with Gasteiger partial charge in [0.15, 0.2) is 5.96 Å². The molecule has 2 aromatic rings. The minimum atomic E-state index is -0.0197. The van der Waals surface area contributed by atoms with Crippen molar-refractivity contribution in [2.45, 2.75) is 38.8 Å². The van der Waals surface area contributed by atoms with E-state index in [2.05, 4.69) is 43.4 Å².